The molecule has 6 heteroatoms. The topological polar surface area (TPSA) is 84.9 Å². The van der Waals surface area contributed by atoms with E-state index >= 15 is 0 Å². The van der Waals surface area contributed by atoms with Crippen molar-refractivity contribution in [3.8, 4) is 5.75 Å². The molecular weight excluding hydrogens is 298 g/mol. The molecule has 23 heavy (non-hydrogen) atoms. The summed E-state index contributed by atoms with van der Waals surface area (Å²) in [6.45, 7) is 9.51. The molecule has 1 unspecified atom stereocenters. The molecule has 1 atom stereocenters. The second-order valence-electron chi connectivity index (χ2n) is 6.26. The number of ether oxygens (including phenoxy) is 2. The van der Waals surface area contributed by atoms with Crippen LogP contribution in [0.5, 0.6) is 5.75 Å². The van der Waals surface area contributed by atoms with Crippen LogP contribution in [0.15, 0.2) is 18.2 Å². The zero-order chi connectivity index (χ0) is 17.6. The molecule has 0 fully saturated rings. The number of carboxylic acids is 1. The Labute approximate surface area is 136 Å². The van der Waals surface area contributed by atoms with Crippen LogP contribution < -0.4 is 10.1 Å². The fourth-order valence-electron chi connectivity index (χ4n) is 2.02. The number of hydrogen-bond acceptors (Lipinski definition) is 4. The van der Waals surface area contributed by atoms with Gasteiger partial charge in [-0.05, 0) is 57.9 Å². The van der Waals surface area contributed by atoms with E-state index in [2.05, 4.69) is 5.32 Å². The highest BCUT2D eigenvalue weighted by Crippen LogP contribution is 2.19. The van der Waals surface area contributed by atoms with Crippen molar-refractivity contribution in [2.75, 3.05) is 6.61 Å². The number of carbonyl (C=O) groups is 2. The maximum atomic E-state index is 11.8. The van der Waals surface area contributed by atoms with Gasteiger partial charge in [0.1, 0.15) is 17.4 Å². The number of alkyl carbamates (subject to hydrolysis) is 1. The molecular formula is C17H25NO5. The lowest BCUT2D eigenvalue weighted by Crippen LogP contribution is -2.44. The van der Waals surface area contributed by atoms with Gasteiger partial charge in [0.25, 0.3) is 0 Å². The Morgan fingerprint density at radius 3 is 2.43 bits per heavy atom. The predicted molar refractivity (Wildman–Crippen MR) is 86.8 cm³/mol. The highest BCUT2D eigenvalue weighted by molar-refractivity contribution is 5.80. The first kappa shape index (κ1) is 18.8. The van der Waals surface area contributed by atoms with E-state index in [9.17, 15) is 14.7 Å². The highest BCUT2D eigenvalue weighted by Gasteiger charge is 2.24. The van der Waals surface area contributed by atoms with E-state index in [1.54, 1.807) is 26.8 Å². The standard InChI is InChI=1S/C17H25NO5/c1-6-22-13-8-7-12(11(2)9-13)10-14(15(19)20)18-16(21)23-17(3,4)5/h7-9,14H,6,10H2,1-5H3,(H,18,21)(H,19,20). The van der Waals surface area contributed by atoms with Crippen LogP contribution in [0, 0.1) is 6.92 Å². The number of aliphatic carboxylic acids is 1. The van der Waals surface area contributed by atoms with Crippen molar-refractivity contribution in [2.24, 2.45) is 0 Å². The molecule has 2 N–H and O–H groups in total. The molecule has 128 valence electrons. The summed E-state index contributed by atoms with van der Waals surface area (Å²) in [5.41, 5.74) is 1.06. The van der Waals surface area contributed by atoms with Crippen LogP contribution >= 0.6 is 0 Å². The smallest absolute Gasteiger partial charge is 0.408 e. The Morgan fingerprint density at radius 2 is 1.96 bits per heavy atom. The van der Waals surface area contributed by atoms with Crippen LogP contribution in [0.3, 0.4) is 0 Å². The first-order chi connectivity index (χ1) is 10.6. The molecule has 1 aromatic carbocycles. The van der Waals surface area contributed by atoms with E-state index in [1.165, 1.54) is 0 Å². The molecule has 0 aliphatic carbocycles. The van der Waals surface area contributed by atoms with E-state index in [0.29, 0.717) is 6.61 Å². The lowest BCUT2D eigenvalue weighted by atomic mass is 10.0. The lowest BCUT2D eigenvalue weighted by Gasteiger charge is -2.22. The Bertz CT molecular complexity index is 563. The van der Waals surface area contributed by atoms with Gasteiger partial charge in [0.05, 0.1) is 6.61 Å². The number of amides is 1. The van der Waals surface area contributed by atoms with Gasteiger partial charge in [-0.15, -0.1) is 0 Å². The van der Waals surface area contributed by atoms with Crippen LogP contribution in [0.2, 0.25) is 0 Å². The minimum Gasteiger partial charge on any atom is -0.494 e. The van der Waals surface area contributed by atoms with Crippen molar-refractivity contribution in [2.45, 2.75) is 52.7 Å². The number of aryl methyl sites for hydroxylation is 1. The Balaban J connectivity index is 2.80. The Kier molecular flexibility index (Phi) is 6.42. The predicted octanol–water partition coefficient (Wildman–Crippen LogP) is 2.91. The fraction of sp³-hybridized carbons (Fsp3) is 0.529. The molecule has 6 nitrogen and oxygen atoms in total. The summed E-state index contributed by atoms with van der Waals surface area (Å²) in [7, 11) is 0. The van der Waals surface area contributed by atoms with Crippen molar-refractivity contribution in [3.05, 3.63) is 29.3 Å². The number of rotatable bonds is 6. The third-order valence-corrected chi connectivity index (χ3v) is 3.04. The van der Waals surface area contributed by atoms with Crippen LogP contribution in [-0.2, 0) is 16.0 Å². The number of hydrogen-bond donors (Lipinski definition) is 2. The molecule has 0 spiro atoms. The molecule has 0 radical (unpaired) electrons. The first-order valence-corrected chi connectivity index (χ1v) is 7.57. The van der Waals surface area contributed by atoms with Crippen LogP contribution in [0.1, 0.15) is 38.8 Å². The monoisotopic (exact) mass is 323 g/mol. The average Bonchev–Trinajstić information content (AvgIpc) is 2.38. The summed E-state index contributed by atoms with van der Waals surface area (Å²) in [6, 6.07) is 4.40. The zero-order valence-electron chi connectivity index (χ0n) is 14.3. The molecule has 1 aromatic rings. The maximum Gasteiger partial charge on any atom is 0.408 e. The molecule has 1 amide bonds. The van der Waals surface area contributed by atoms with E-state index in [1.807, 2.05) is 26.0 Å². The molecule has 1 rings (SSSR count). The first-order valence-electron chi connectivity index (χ1n) is 7.57. The van der Waals surface area contributed by atoms with Gasteiger partial charge in [0.2, 0.25) is 0 Å². The van der Waals surface area contributed by atoms with Gasteiger partial charge in [-0.1, -0.05) is 6.07 Å². The summed E-state index contributed by atoms with van der Waals surface area (Å²) in [5, 5.41) is 11.7. The van der Waals surface area contributed by atoms with Gasteiger partial charge in [-0.3, -0.25) is 0 Å². The van der Waals surface area contributed by atoms with E-state index < -0.39 is 23.7 Å². The van der Waals surface area contributed by atoms with Crippen molar-refractivity contribution < 1.29 is 24.2 Å². The molecule has 0 aliphatic heterocycles. The Morgan fingerprint density at radius 1 is 1.30 bits per heavy atom. The minimum atomic E-state index is -1.11. The number of carbonyl (C=O) groups excluding carboxylic acids is 1. The molecule has 0 saturated carbocycles. The van der Waals surface area contributed by atoms with Gasteiger partial charge in [0, 0.05) is 6.42 Å². The number of benzene rings is 1. The SMILES string of the molecule is CCOc1ccc(CC(NC(=O)OC(C)(C)C)C(=O)O)c(C)c1. The summed E-state index contributed by atoms with van der Waals surface area (Å²) >= 11 is 0. The summed E-state index contributed by atoms with van der Waals surface area (Å²) < 4.78 is 10.5. The van der Waals surface area contributed by atoms with Crippen LogP contribution in [0.4, 0.5) is 4.79 Å². The fourth-order valence-corrected chi connectivity index (χ4v) is 2.02. The van der Waals surface area contributed by atoms with Crippen LogP contribution in [0.25, 0.3) is 0 Å². The van der Waals surface area contributed by atoms with Crippen molar-refractivity contribution in [1.82, 2.24) is 5.32 Å². The van der Waals surface area contributed by atoms with Crippen molar-refractivity contribution in [3.63, 3.8) is 0 Å². The van der Waals surface area contributed by atoms with E-state index in [-0.39, 0.29) is 6.42 Å². The maximum absolute atomic E-state index is 11.8. The molecule has 0 aromatic heterocycles. The minimum absolute atomic E-state index is 0.173. The van der Waals surface area contributed by atoms with Crippen molar-refractivity contribution >= 4 is 12.1 Å². The van der Waals surface area contributed by atoms with E-state index in [0.717, 1.165) is 16.9 Å². The van der Waals surface area contributed by atoms with Gasteiger partial charge in [-0.25, -0.2) is 9.59 Å². The molecule has 0 bridgehead atoms. The second kappa shape index (κ2) is 7.85. The quantitative estimate of drug-likeness (QED) is 0.841. The molecule has 0 aliphatic rings. The summed E-state index contributed by atoms with van der Waals surface area (Å²) in [5.74, 6) is -0.370. The Hall–Kier alpha value is -2.24. The molecule has 0 saturated heterocycles. The normalized spacial score (nSPS) is 12.4. The van der Waals surface area contributed by atoms with Crippen molar-refractivity contribution in [1.29, 1.82) is 0 Å². The van der Waals surface area contributed by atoms with E-state index in [4.69, 9.17) is 9.47 Å². The number of carboxylic acid groups (broad SMARTS) is 1. The third kappa shape index (κ3) is 6.59. The van der Waals surface area contributed by atoms with Gasteiger partial charge in [0.15, 0.2) is 0 Å². The third-order valence-electron chi connectivity index (χ3n) is 3.04. The largest absolute Gasteiger partial charge is 0.494 e. The highest BCUT2D eigenvalue weighted by atomic mass is 16.6. The zero-order valence-corrected chi connectivity index (χ0v) is 14.3. The molecule has 0 heterocycles. The summed E-state index contributed by atoms with van der Waals surface area (Å²) in [6.07, 6.45) is -0.569. The number of nitrogens with one attached hydrogen (secondary N) is 1. The summed E-state index contributed by atoms with van der Waals surface area (Å²) in [4.78, 5) is 23.2. The van der Waals surface area contributed by atoms with Gasteiger partial charge >= 0.3 is 12.1 Å². The van der Waals surface area contributed by atoms with Gasteiger partial charge < -0.3 is 19.9 Å². The lowest BCUT2D eigenvalue weighted by molar-refractivity contribution is -0.139. The average molecular weight is 323 g/mol. The van der Waals surface area contributed by atoms with Gasteiger partial charge in [-0.2, -0.15) is 0 Å². The second-order valence-corrected chi connectivity index (χ2v) is 6.26. The van der Waals surface area contributed by atoms with Crippen LogP contribution in [-0.4, -0.2) is 35.4 Å².